The molecular formula is C15H29N3O4. The van der Waals surface area contributed by atoms with Gasteiger partial charge in [-0.3, -0.25) is 4.79 Å². The lowest BCUT2D eigenvalue weighted by Gasteiger charge is -2.19. The number of ether oxygens (including phenoxy) is 2. The van der Waals surface area contributed by atoms with Crippen molar-refractivity contribution in [3.8, 4) is 0 Å². The molecule has 7 heteroatoms. The molecule has 5 N–H and O–H groups in total. The predicted molar refractivity (Wildman–Crippen MR) is 83.2 cm³/mol. The van der Waals surface area contributed by atoms with Crippen molar-refractivity contribution in [2.75, 3.05) is 6.54 Å². The van der Waals surface area contributed by atoms with Crippen LogP contribution in [0.15, 0.2) is 0 Å². The molecule has 0 aromatic rings. The fourth-order valence-electron chi connectivity index (χ4n) is 2.33. The smallest absolute Gasteiger partial charge is 0.407 e. The van der Waals surface area contributed by atoms with E-state index in [-0.39, 0.29) is 24.2 Å². The molecule has 1 saturated carbocycles. The Labute approximate surface area is 132 Å². The number of unbranched alkanes of at least 4 members (excludes halogenated alkanes) is 1. The van der Waals surface area contributed by atoms with Crippen molar-refractivity contribution < 1.29 is 19.1 Å². The van der Waals surface area contributed by atoms with Crippen molar-refractivity contribution in [2.45, 2.75) is 76.7 Å². The Balaban J connectivity index is 2.07. The van der Waals surface area contributed by atoms with Crippen LogP contribution in [-0.2, 0) is 14.3 Å². The van der Waals surface area contributed by atoms with Crippen molar-refractivity contribution in [3.05, 3.63) is 0 Å². The Morgan fingerprint density at radius 2 is 1.86 bits per heavy atom. The van der Waals surface area contributed by atoms with Gasteiger partial charge in [-0.1, -0.05) is 0 Å². The average molecular weight is 315 g/mol. The van der Waals surface area contributed by atoms with Gasteiger partial charge in [0.15, 0.2) is 0 Å². The molecule has 3 atom stereocenters. The second-order valence-corrected chi connectivity index (χ2v) is 6.81. The van der Waals surface area contributed by atoms with E-state index in [1.54, 1.807) is 0 Å². The Hall–Kier alpha value is -1.34. The van der Waals surface area contributed by atoms with E-state index < -0.39 is 11.7 Å². The van der Waals surface area contributed by atoms with Crippen LogP contribution < -0.4 is 16.8 Å². The lowest BCUT2D eigenvalue weighted by Crippen LogP contribution is -2.33. The number of esters is 1. The molecule has 0 saturated heterocycles. The molecule has 1 fully saturated rings. The molecule has 22 heavy (non-hydrogen) atoms. The SMILES string of the molecule is CC(C)(C)OC(=O)NCCCCC(=O)O[C@@H]1C[C@@H](N)C[C@H]1N. The van der Waals surface area contributed by atoms with Crippen molar-refractivity contribution in [2.24, 2.45) is 11.5 Å². The van der Waals surface area contributed by atoms with Gasteiger partial charge in [-0.2, -0.15) is 0 Å². The maximum Gasteiger partial charge on any atom is 0.407 e. The standard InChI is InChI=1S/C15H29N3O4/c1-15(2,3)22-14(20)18-7-5-4-6-13(19)21-12-9-10(16)8-11(12)17/h10-12H,4-9,16-17H2,1-3H3,(H,18,20)/t10-,11+,12+/m0/s1. The summed E-state index contributed by atoms with van der Waals surface area (Å²) < 4.78 is 10.4. The summed E-state index contributed by atoms with van der Waals surface area (Å²) in [5, 5.41) is 2.65. The highest BCUT2D eigenvalue weighted by atomic mass is 16.6. The first-order valence-corrected chi connectivity index (χ1v) is 7.85. The van der Waals surface area contributed by atoms with Crippen molar-refractivity contribution in [3.63, 3.8) is 0 Å². The number of carbonyl (C=O) groups is 2. The summed E-state index contributed by atoms with van der Waals surface area (Å²) in [4.78, 5) is 23.1. The zero-order chi connectivity index (χ0) is 16.8. The molecule has 0 aromatic heterocycles. The number of nitrogens with two attached hydrogens (primary N) is 2. The van der Waals surface area contributed by atoms with E-state index in [0.29, 0.717) is 38.6 Å². The first-order chi connectivity index (χ1) is 10.2. The van der Waals surface area contributed by atoms with Gasteiger partial charge in [0, 0.05) is 31.5 Å². The third-order valence-corrected chi connectivity index (χ3v) is 3.35. The largest absolute Gasteiger partial charge is 0.461 e. The number of amides is 1. The number of hydrogen-bond acceptors (Lipinski definition) is 6. The minimum absolute atomic E-state index is 0.0193. The minimum atomic E-state index is -0.505. The summed E-state index contributed by atoms with van der Waals surface area (Å²) in [6.45, 7) is 5.89. The summed E-state index contributed by atoms with van der Waals surface area (Å²) in [7, 11) is 0. The summed E-state index contributed by atoms with van der Waals surface area (Å²) >= 11 is 0. The van der Waals surface area contributed by atoms with E-state index in [1.807, 2.05) is 20.8 Å². The lowest BCUT2D eigenvalue weighted by atomic mass is 10.2. The van der Waals surface area contributed by atoms with Crippen molar-refractivity contribution >= 4 is 12.1 Å². The third kappa shape index (κ3) is 7.61. The van der Waals surface area contributed by atoms with Crippen molar-refractivity contribution in [1.29, 1.82) is 0 Å². The Bertz CT molecular complexity index is 381. The maximum atomic E-state index is 11.7. The topological polar surface area (TPSA) is 117 Å². The number of alkyl carbamates (subject to hydrolysis) is 1. The van der Waals surface area contributed by atoms with Crippen LogP contribution in [0.25, 0.3) is 0 Å². The zero-order valence-corrected chi connectivity index (χ0v) is 13.8. The summed E-state index contributed by atoms with van der Waals surface area (Å²) in [6.07, 6.45) is 2.26. The highest BCUT2D eigenvalue weighted by molar-refractivity contribution is 5.69. The Morgan fingerprint density at radius 3 is 2.41 bits per heavy atom. The number of rotatable bonds is 6. The number of nitrogens with one attached hydrogen (secondary N) is 1. The summed E-state index contributed by atoms with van der Waals surface area (Å²) in [5.74, 6) is -0.258. The lowest BCUT2D eigenvalue weighted by molar-refractivity contribution is -0.149. The normalized spacial score (nSPS) is 24.9. The Kier molecular flexibility index (Phi) is 7.09. The Morgan fingerprint density at radius 1 is 1.18 bits per heavy atom. The van der Waals surface area contributed by atoms with Gasteiger partial charge < -0.3 is 26.3 Å². The molecule has 1 aliphatic rings. The molecule has 0 radical (unpaired) electrons. The monoisotopic (exact) mass is 315 g/mol. The minimum Gasteiger partial charge on any atom is -0.461 e. The molecule has 0 bridgehead atoms. The van der Waals surface area contributed by atoms with Gasteiger partial charge in [-0.15, -0.1) is 0 Å². The third-order valence-electron chi connectivity index (χ3n) is 3.35. The molecule has 1 amide bonds. The second-order valence-electron chi connectivity index (χ2n) is 6.81. The van der Waals surface area contributed by atoms with Gasteiger partial charge in [-0.05, 0) is 40.0 Å². The maximum absolute atomic E-state index is 11.7. The van der Waals surface area contributed by atoms with Crippen LogP contribution in [0.3, 0.4) is 0 Å². The first kappa shape index (κ1) is 18.7. The fourth-order valence-corrected chi connectivity index (χ4v) is 2.33. The molecule has 128 valence electrons. The molecule has 0 spiro atoms. The van der Waals surface area contributed by atoms with Crippen LogP contribution in [0.4, 0.5) is 4.79 Å². The van der Waals surface area contributed by atoms with Gasteiger partial charge >= 0.3 is 12.1 Å². The number of hydrogen-bond donors (Lipinski definition) is 3. The predicted octanol–water partition coefficient (Wildman–Crippen LogP) is 1.04. The van der Waals surface area contributed by atoms with E-state index in [1.165, 1.54) is 0 Å². The van der Waals surface area contributed by atoms with E-state index in [2.05, 4.69) is 5.32 Å². The molecule has 0 unspecified atom stereocenters. The van der Waals surface area contributed by atoms with Crippen LogP contribution in [0.5, 0.6) is 0 Å². The highest BCUT2D eigenvalue weighted by Gasteiger charge is 2.32. The van der Waals surface area contributed by atoms with Crippen LogP contribution in [-0.4, -0.2) is 42.4 Å². The van der Waals surface area contributed by atoms with Gasteiger partial charge in [0.05, 0.1) is 0 Å². The highest BCUT2D eigenvalue weighted by Crippen LogP contribution is 2.20. The molecule has 0 aliphatic heterocycles. The second kappa shape index (κ2) is 8.33. The summed E-state index contributed by atoms with van der Waals surface area (Å²) in [6, 6.07) is -0.140. The van der Waals surface area contributed by atoms with Gasteiger partial charge in [0.1, 0.15) is 11.7 Å². The van der Waals surface area contributed by atoms with Gasteiger partial charge in [-0.25, -0.2) is 4.79 Å². The van der Waals surface area contributed by atoms with Gasteiger partial charge in [0.2, 0.25) is 0 Å². The van der Waals surface area contributed by atoms with Gasteiger partial charge in [0.25, 0.3) is 0 Å². The summed E-state index contributed by atoms with van der Waals surface area (Å²) in [5.41, 5.74) is 11.1. The molecule has 1 aliphatic carbocycles. The van der Waals surface area contributed by atoms with Crippen LogP contribution in [0.2, 0.25) is 0 Å². The quantitative estimate of drug-likeness (QED) is 0.498. The van der Waals surface area contributed by atoms with Crippen molar-refractivity contribution in [1.82, 2.24) is 5.32 Å². The average Bonchev–Trinajstić information content (AvgIpc) is 2.65. The fraction of sp³-hybridized carbons (Fsp3) is 0.867. The molecule has 1 rings (SSSR count). The van der Waals surface area contributed by atoms with E-state index in [4.69, 9.17) is 20.9 Å². The molecule has 0 heterocycles. The first-order valence-electron chi connectivity index (χ1n) is 7.85. The zero-order valence-electron chi connectivity index (χ0n) is 13.8. The number of carbonyl (C=O) groups excluding carboxylic acids is 2. The van der Waals surface area contributed by atoms with E-state index >= 15 is 0 Å². The van der Waals surface area contributed by atoms with E-state index in [0.717, 1.165) is 0 Å². The molecular weight excluding hydrogens is 286 g/mol. The molecule has 0 aromatic carbocycles. The van der Waals surface area contributed by atoms with Crippen LogP contribution in [0, 0.1) is 0 Å². The van der Waals surface area contributed by atoms with Crippen LogP contribution in [0.1, 0.15) is 52.9 Å². The molecule has 7 nitrogen and oxygen atoms in total. The van der Waals surface area contributed by atoms with Crippen LogP contribution >= 0.6 is 0 Å². The van der Waals surface area contributed by atoms with E-state index in [9.17, 15) is 9.59 Å².